The number of carbonyl (C=O) groups excluding carboxylic acids is 2. The number of hydrogen-bond donors (Lipinski definition) is 0. The molecule has 1 heterocycles. The van der Waals surface area contributed by atoms with Crippen LogP contribution >= 0.6 is 0 Å². The standard InChI is InChI=1S/C15H26O4/c1-10(9-18-14(17)15(3,4)5)6-12-7-11(2)19-13(12)8-16/h8,10-13H,6-7,9H2,1-5H3/t10-,11+,12-,13-/m1/s1. The minimum atomic E-state index is -0.462. The van der Waals surface area contributed by atoms with Crippen LogP contribution in [0.4, 0.5) is 0 Å². The van der Waals surface area contributed by atoms with Gasteiger partial charge in [-0.05, 0) is 52.4 Å². The van der Waals surface area contributed by atoms with Gasteiger partial charge in [-0.15, -0.1) is 0 Å². The van der Waals surface area contributed by atoms with Gasteiger partial charge in [-0.3, -0.25) is 4.79 Å². The third-order valence-electron chi connectivity index (χ3n) is 3.44. The fraction of sp³-hybridized carbons (Fsp3) is 0.867. The Hall–Kier alpha value is -0.900. The van der Waals surface area contributed by atoms with Gasteiger partial charge < -0.3 is 14.3 Å². The molecule has 19 heavy (non-hydrogen) atoms. The molecule has 0 amide bonds. The lowest BCUT2D eigenvalue weighted by atomic mass is 9.90. The molecule has 1 rings (SSSR count). The van der Waals surface area contributed by atoms with E-state index in [1.54, 1.807) is 0 Å². The molecule has 1 aliphatic rings. The van der Waals surface area contributed by atoms with Gasteiger partial charge in [0, 0.05) is 0 Å². The molecule has 0 aromatic rings. The molecule has 4 atom stereocenters. The van der Waals surface area contributed by atoms with E-state index in [9.17, 15) is 9.59 Å². The number of hydrogen-bond acceptors (Lipinski definition) is 4. The van der Waals surface area contributed by atoms with Crippen LogP contribution in [-0.4, -0.2) is 31.1 Å². The lowest BCUT2D eigenvalue weighted by Gasteiger charge is -2.21. The van der Waals surface area contributed by atoms with Gasteiger partial charge in [-0.25, -0.2) is 0 Å². The van der Waals surface area contributed by atoms with Gasteiger partial charge in [0.15, 0.2) is 0 Å². The van der Waals surface area contributed by atoms with Crippen LogP contribution in [0.5, 0.6) is 0 Å². The maximum Gasteiger partial charge on any atom is 0.311 e. The van der Waals surface area contributed by atoms with Crippen molar-refractivity contribution in [3.63, 3.8) is 0 Å². The number of rotatable bonds is 5. The van der Waals surface area contributed by atoms with Gasteiger partial charge >= 0.3 is 5.97 Å². The first-order chi connectivity index (χ1) is 8.74. The van der Waals surface area contributed by atoms with Gasteiger partial charge in [0.05, 0.1) is 18.1 Å². The zero-order chi connectivity index (χ0) is 14.6. The molecule has 0 aliphatic carbocycles. The summed E-state index contributed by atoms with van der Waals surface area (Å²) in [5.41, 5.74) is -0.462. The zero-order valence-corrected chi connectivity index (χ0v) is 12.6. The fourth-order valence-corrected chi connectivity index (χ4v) is 2.39. The summed E-state index contributed by atoms with van der Waals surface area (Å²) in [6.45, 7) is 9.97. The Kier molecular flexibility index (Phi) is 5.53. The number of ether oxygens (including phenoxy) is 2. The molecule has 1 fully saturated rings. The number of esters is 1. The predicted octanol–water partition coefficient (Wildman–Crippen LogP) is 2.59. The largest absolute Gasteiger partial charge is 0.465 e. The molecule has 1 aliphatic heterocycles. The number of carbonyl (C=O) groups is 2. The average Bonchev–Trinajstić information content (AvgIpc) is 2.65. The second-order valence-corrected chi connectivity index (χ2v) is 6.73. The Bertz CT molecular complexity index is 319. The van der Waals surface area contributed by atoms with Crippen LogP contribution < -0.4 is 0 Å². The van der Waals surface area contributed by atoms with Crippen molar-refractivity contribution in [2.75, 3.05) is 6.61 Å². The van der Waals surface area contributed by atoms with Crippen LogP contribution in [0.25, 0.3) is 0 Å². The van der Waals surface area contributed by atoms with Crippen molar-refractivity contribution in [1.82, 2.24) is 0 Å². The van der Waals surface area contributed by atoms with Crippen molar-refractivity contribution in [1.29, 1.82) is 0 Å². The van der Waals surface area contributed by atoms with Gasteiger partial charge in [0.1, 0.15) is 12.4 Å². The van der Waals surface area contributed by atoms with Crippen molar-refractivity contribution < 1.29 is 19.1 Å². The molecule has 0 spiro atoms. The lowest BCUT2D eigenvalue weighted by Crippen LogP contribution is -2.26. The smallest absolute Gasteiger partial charge is 0.311 e. The summed E-state index contributed by atoms with van der Waals surface area (Å²) in [4.78, 5) is 22.6. The molecule has 0 saturated carbocycles. The first-order valence-electron chi connectivity index (χ1n) is 7.02. The molecule has 110 valence electrons. The maximum absolute atomic E-state index is 11.7. The maximum atomic E-state index is 11.7. The molecule has 0 N–H and O–H groups in total. The summed E-state index contributed by atoms with van der Waals surface area (Å²) in [7, 11) is 0. The summed E-state index contributed by atoms with van der Waals surface area (Å²) in [5.74, 6) is 0.311. The van der Waals surface area contributed by atoms with E-state index in [2.05, 4.69) is 0 Å². The summed E-state index contributed by atoms with van der Waals surface area (Å²) in [5, 5.41) is 0. The molecule has 4 heteroatoms. The van der Waals surface area contributed by atoms with E-state index in [0.717, 1.165) is 19.1 Å². The monoisotopic (exact) mass is 270 g/mol. The Labute approximate surface area is 115 Å². The van der Waals surface area contributed by atoms with E-state index in [1.807, 2.05) is 34.6 Å². The van der Waals surface area contributed by atoms with Crippen LogP contribution in [0.2, 0.25) is 0 Å². The first kappa shape index (κ1) is 16.2. The van der Waals surface area contributed by atoms with Crippen molar-refractivity contribution in [2.24, 2.45) is 17.3 Å². The summed E-state index contributed by atoms with van der Waals surface area (Å²) in [6.07, 6.45) is 2.49. The van der Waals surface area contributed by atoms with E-state index >= 15 is 0 Å². The Balaban J connectivity index is 2.37. The highest BCUT2D eigenvalue weighted by Crippen LogP contribution is 2.30. The van der Waals surface area contributed by atoms with E-state index < -0.39 is 5.41 Å². The molecule has 0 radical (unpaired) electrons. The van der Waals surface area contributed by atoms with Crippen LogP contribution in [0.15, 0.2) is 0 Å². The van der Waals surface area contributed by atoms with Crippen LogP contribution in [0.1, 0.15) is 47.5 Å². The van der Waals surface area contributed by atoms with Crippen LogP contribution in [0, 0.1) is 17.3 Å². The quantitative estimate of drug-likeness (QED) is 0.569. The second-order valence-electron chi connectivity index (χ2n) is 6.73. The SMILES string of the molecule is C[C@@H](COC(=O)C(C)(C)C)C[C@@H]1C[C@H](C)O[C@@H]1C=O. The molecule has 4 nitrogen and oxygen atoms in total. The summed E-state index contributed by atoms with van der Waals surface area (Å²) < 4.78 is 10.8. The molecule has 0 unspecified atom stereocenters. The normalized spacial score (nSPS) is 29.0. The van der Waals surface area contributed by atoms with Crippen LogP contribution in [-0.2, 0) is 19.1 Å². The lowest BCUT2D eigenvalue weighted by molar-refractivity contribution is -0.154. The van der Waals surface area contributed by atoms with E-state index in [-0.39, 0.29) is 30.0 Å². The van der Waals surface area contributed by atoms with Crippen molar-refractivity contribution in [3.05, 3.63) is 0 Å². The third kappa shape index (κ3) is 4.94. The summed E-state index contributed by atoms with van der Waals surface area (Å²) >= 11 is 0. The highest BCUT2D eigenvalue weighted by Gasteiger charge is 2.33. The second kappa shape index (κ2) is 6.51. The van der Waals surface area contributed by atoms with Gasteiger partial charge in [0.25, 0.3) is 0 Å². The third-order valence-corrected chi connectivity index (χ3v) is 3.44. The van der Waals surface area contributed by atoms with E-state index in [1.165, 1.54) is 0 Å². The minimum absolute atomic E-state index is 0.143. The molecule has 0 aromatic heterocycles. The highest BCUT2D eigenvalue weighted by molar-refractivity contribution is 5.75. The fourth-order valence-electron chi connectivity index (χ4n) is 2.39. The molecule has 1 saturated heterocycles. The van der Waals surface area contributed by atoms with Crippen LogP contribution in [0.3, 0.4) is 0 Å². The van der Waals surface area contributed by atoms with Crippen molar-refractivity contribution in [2.45, 2.75) is 59.7 Å². The molecular weight excluding hydrogens is 244 g/mol. The average molecular weight is 270 g/mol. The Morgan fingerprint density at radius 3 is 2.63 bits per heavy atom. The predicted molar refractivity (Wildman–Crippen MR) is 72.7 cm³/mol. The highest BCUT2D eigenvalue weighted by atomic mass is 16.5. The topological polar surface area (TPSA) is 52.6 Å². The van der Waals surface area contributed by atoms with Gasteiger partial charge in [-0.1, -0.05) is 6.92 Å². The Morgan fingerprint density at radius 2 is 2.11 bits per heavy atom. The van der Waals surface area contributed by atoms with Crippen molar-refractivity contribution in [3.8, 4) is 0 Å². The molecular formula is C15H26O4. The first-order valence-corrected chi connectivity index (χ1v) is 7.02. The Morgan fingerprint density at radius 1 is 1.47 bits per heavy atom. The van der Waals surface area contributed by atoms with Gasteiger partial charge in [-0.2, -0.15) is 0 Å². The van der Waals surface area contributed by atoms with Gasteiger partial charge in [0.2, 0.25) is 0 Å². The summed E-state index contributed by atoms with van der Waals surface area (Å²) in [6, 6.07) is 0. The van der Waals surface area contributed by atoms with E-state index in [0.29, 0.717) is 6.61 Å². The minimum Gasteiger partial charge on any atom is -0.465 e. The van der Waals surface area contributed by atoms with E-state index in [4.69, 9.17) is 9.47 Å². The van der Waals surface area contributed by atoms with Crippen molar-refractivity contribution >= 4 is 12.3 Å². The molecule has 0 bridgehead atoms. The number of aldehydes is 1. The molecule has 0 aromatic carbocycles. The zero-order valence-electron chi connectivity index (χ0n) is 12.6.